The van der Waals surface area contributed by atoms with Gasteiger partial charge < -0.3 is 5.32 Å². The van der Waals surface area contributed by atoms with Gasteiger partial charge in [-0.05, 0) is 50.7 Å². The molecule has 0 atom stereocenters. The molecule has 1 N–H and O–H groups in total. The van der Waals surface area contributed by atoms with Crippen molar-refractivity contribution in [3.8, 4) is 11.3 Å². The average molecular weight is 352 g/mol. The van der Waals surface area contributed by atoms with Crippen molar-refractivity contribution in [2.45, 2.75) is 64.3 Å². The molecule has 0 radical (unpaired) electrons. The lowest BCUT2D eigenvalue weighted by Crippen LogP contribution is -2.34. The monoisotopic (exact) mass is 352 g/mol. The lowest BCUT2D eigenvalue weighted by molar-refractivity contribution is -0.125. The molecule has 0 unspecified atom stereocenters. The zero-order valence-electron chi connectivity index (χ0n) is 15.4. The maximum Gasteiger partial charge on any atom is 0.223 e. The van der Waals surface area contributed by atoms with Crippen LogP contribution in [0.15, 0.2) is 24.5 Å². The van der Waals surface area contributed by atoms with Crippen LogP contribution in [0.4, 0.5) is 0 Å². The van der Waals surface area contributed by atoms with Gasteiger partial charge >= 0.3 is 0 Å². The first-order valence-electron chi connectivity index (χ1n) is 10.1. The van der Waals surface area contributed by atoms with Crippen LogP contribution in [-0.4, -0.2) is 27.2 Å². The van der Waals surface area contributed by atoms with Gasteiger partial charge in [-0.25, -0.2) is 0 Å². The predicted molar refractivity (Wildman–Crippen MR) is 102 cm³/mol. The standard InChI is InChI=1S/C21H28N4O/c26-21(17-6-2-1-3-7-17)23-14-15-25-19-9-5-4-8-18(19)20(24-25)16-10-12-22-13-11-16/h10-13,17H,1-9,14-15H2,(H,23,26). The highest BCUT2D eigenvalue weighted by atomic mass is 16.1. The van der Waals surface area contributed by atoms with Crippen molar-refractivity contribution in [3.05, 3.63) is 35.8 Å². The van der Waals surface area contributed by atoms with Gasteiger partial charge in [0.1, 0.15) is 0 Å². The third-order valence-electron chi connectivity index (χ3n) is 5.81. The number of nitrogens with zero attached hydrogens (tertiary/aromatic N) is 3. The molecular weight excluding hydrogens is 324 g/mol. The first-order valence-corrected chi connectivity index (χ1v) is 10.1. The second kappa shape index (κ2) is 8.02. The molecule has 0 aromatic carbocycles. The fourth-order valence-electron chi connectivity index (χ4n) is 4.39. The minimum absolute atomic E-state index is 0.225. The highest BCUT2D eigenvalue weighted by Gasteiger charge is 2.23. The Kier molecular flexibility index (Phi) is 5.32. The number of nitrogens with one attached hydrogen (secondary N) is 1. The van der Waals surface area contributed by atoms with Gasteiger partial charge in [0.25, 0.3) is 0 Å². The van der Waals surface area contributed by atoms with Gasteiger partial charge in [-0.3, -0.25) is 14.5 Å². The van der Waals surface area contributed by atoms with E-state index in [1.54, 1.807) is 0 Å². The quantitative estimate of drug-likeness (QED) is 0.896. The molecule has 1 amide bonds. The fraction of sp³-hybridized carbons (Fsp3) is 0.571. The first kappa shape index (κ1) is 17.3. The normalized spacial score (nSPS) is 17.7. The van der Waals surface area contributed by atoms with Crippen LogP contribution in [0.5, 0.6) is 0 Å². The summed E-state index contributed by atoms with van der Waals surface area (Å²) in [6.07, 6.45) is 14.1. The van der Waals surface area contributed by atoms with Crippen LogP contribution in [0.2, 0.25) is 0 Å². The molecule has 2 aromatic heterocycles. The second-order valence-corrected chi connectivity index (χ2v) is 7.57. The third kappa shape index (κ3) is 3.67. The number of rotatable bonds is 5. The van der Waals surface area contributed by atoms with Crippen molar-refractivity contribution in [1.82, 2.24) is 20.1 Å². The van der Waals surface area contributed by atoms with Crippen LogP contribution < -0.4 is 5.32 Å². The summed E-state index contributed by atoms with van der Waals surface area (Å²) in [5, 5.41) is 8.06. The number of carbonyl (C=O) groups is 1. The van der Waals surface area contributed by atoms with Gasteiger partial charge in [0.2, 0.25) is 5.91 Å². The molecule has 2 aliphatic carbocycles. The number of carbonyl (C=O) groups excluding carboxylic acids is 1. The molecule has 2 heterocycles. The molecule has 1 fully saturated rings. The summed E-state index contributed by atoms with van der Waals surface area (Å²) in [7, 11) is 0. The summed E-state index contributed by atoms with van der Waals surface area (Å²) in [4.78, 5) is 16.5. The van der Waals surface area contributed by atoms with E-state index < -0.39 is 0 Å². The van der Waals surface area contributed by atoms with Gasteiger partial charge in [-0.1, -0.05) is 19.3 Å². The van der Waals surface area contributed by atoms with Crippen LogP contribution >= 0.6 is 0 Å². The Labute approximate surface area is 155 Å². The molecule has 0 aliphatic heterocycles. The molecule has 5 heteroatoms. The first-order chi connectivity index (χ1) is 12.8. The maximum absolute atomic E-state index is 12.4. The molecule has 0 saturated heterocycles. The average Bonchev–Trinajstić information content (AvgIpc) is 3.08. The van der Waals surface area contributed by atoms with Crippen molar-refractivity contribution in [2.75, 3.05) is 6.54 Å². The molecule has 26 heavy (non-hydrogen) atoms. The number of amides is 1. The zero-order valence-corrected chi connectivity index (χ0v) is 15.4. The maximum atomic E-state index is 12.4. The van der Waals surface area contributed by atoms with E-state index in [0.29, 0.717) is 6.54 Å². The fourth-order valence-corrected chi connectivity index (χ4v) is 4.39. The minimum atomic E-state index is 0.225. The summed E-state index contributed by atoms with van der Waals surface area (Å²) in [6.45, 7) is 1.42. The van der Waals surface area contributed by atoms with E-state index in [9.17, 15) is 4.79 Å². The SMILES string of the molecule is O=C(NCCn1nc(-c2ccncc2)c2c1CCCC2)C1CCCCC1. The lowest BCUT2D eigenvalue weighted by atomic mass is 9.89. The minimum Gasteiger partial charge on any atom is -0.354 e. The Morgan fingerprint density at radius 3 is 2.65 bits per heavy atom. The van der Waals surface area contributed by atoms with Crippen LogP contribution in [-0.2, 0) is 24.2 Å². The molecule has 0 bridgehead atoms. The van der Waals surface area contributed by atoms with Crippen molar-refractivity contribution < 1.29 is 4.79 Å². The summed E-state index contributed by atoms with van der Waals surface area (Å²) in [6, 6.07) is 4.07. The van der Waals surface area contributed by atoms with E-state index in [1.807, 2.05) is 24.5 Å². The van der Waals surface area contributed by atoms with E-state index in [2.05, 4.69) is 15.0 Å². The van der Waals surface area contributed by atoms with E-state index >= 15 is 0 Å². The Balaban J connectivity index is 1.45. The van der Waals surface area contributed by atoms with Gasteiger partial charge in [0.15, 0.2) is 0 Å². The van der Waals surface area contributed by atoms with Gasteiger partial charge in [-0.15, -0.1) is 0 Å². The second-order valence-electron chi connectivity index (χ2n) is 7.57. The molecule has 4 rings (SSSR count). The molecule has 1 saturated carbocycles. The van der Waals surface area contributed by atoms with Crippen molar-refractivity contribution in [2.24, 2.45) is 5.92 Å². The Morgan fingerprint density at radius 1 is 1.08 bits per heavy atom. The summed E-state index contributed by atoms with van der Waals surface area (Å²) in [5.41, 5.74) is 4.99. The van der Waals surface area contributed by atoms with Crippen LogP contribution in [0, 0.1) is 5.92 Å². The number of hydrogen-bond donors (Lipinski definition) is 1. The summed E-state index contributed by atoms with van der Waals surface area (Å²) >= 11 is 0. The van der Waals surface area contributed by atoms with Crippen molar-refractivity contribution in [1.29, 1.82) is 0 Å². The largest absolute Gasteiger partial charge is 0.354 e. The number of aromatic nitrogens is 3. The Hall–Kier alpha value is -2.17. The van der Waals surface area contributed by atoms with E-state index in [0.717, 1.165) is 43.5 Å². The van der Waals surface area contributed by atoms with Crippen LogP contribution in [0.3, 0.4) is 0 Å². The zero-order chi connectivity index (χ0) is 17.8. The number of pyridine rings is 1. The Morgan fingerprint density at radius 2 is 1.85 bits per heavy atom. The molecule has 5 nitrogen and oxygen atoms in total. The highest BCUT2D eigenvalue weighted by molar-refractivity contribution is 5.78. The smallest absolute Gasteiger partial charge is 0.223 e. The van der Waals surface area contributed by atoms with Gasteiger partial charge in [0, 0.05) is 41.7 Å². The summed E-state index contributed by atoms with van der Waals surface area (Å²) in [5.74, 6) is 0.461. The topological polar surface area (TPSA) is 59.8 Å². The Bertz CT molecular complexity index is 747. The van der Waals surface area contributed by atoms with Crippen molar-refractivity contribution in [3.63, 3.8) is 0 Å². The van der Waals surface area contributed by atoms with Crippen molar-refractivity contribution >= 4 is 5.91 Å². The third-order valence-corrected chi connectivity index (χ3v) is 5.81. The van der Waals surface area contributed by atoms with Crippen LogP contribution in [0.25, 0.3) is 11.3 Å². The summed E-state index contributed by atoms with van der Waals surface area (Å²) < 4.78 is 2.13. The molecule has 2 aliphatic rings. The van der Waals surface area contributed by atoms with E-state index in [1.165, 1.54) is 43.4 Å². The molecular formula is C21H28N4O. The molecule has 2 aromatic rings. The van der Waals surface area contributed by atoms with Gasteiger partial charge in [-0.2, -0.15) is 5.10 Å². The van der Waals surface area contributed by atoms with E-state index in [4.69, 9.17) is 5.10 Å². The molecule has 138 valence electrons. The van der Waals surface area contributed by atoms with E-state index in [-0.39, 0.29) is 11.8 Å². The number of fused-ring (bicyclic) bond motifs is 1. The van der Waals surface area contributed by atoms with Gasteiger partial charge in [0.05, 0.1) is 12.2 Å². The lowest BCUT2D eigenvalue weighted by Gasteiger charge is -2.21. The van der Waals surface area contributed by atoms with Crippen LogP contribution in [0.1, 0.15) is 56.2 Å². The molecule has 0 spiro atoms. The predicted octanol–water partition coefficient (Wildman–Crippen LogP) is 3.52. The highest BCUT2D eigenvalue weighted by Crippen LogP contribution is 2.31. The number of hydrogen-bond acceptors (Lipinski definition) is 3.